The van der Waals surface area contributed by atoms with Crippen LogP contribution in [0.15, 0.2) is 48.9 Å². The van der Waals surface area contributed by atoms with Gasteiger partial charge in [-0.1, -0.05) is 6.07 Å². The highest BCUT2D eigenvalue weighted by molar-refractivity contribution is 5.78. The van der Waals surface area contributed by atoms with Crippen LogP contribution < -0.4 is 15.0 Å². The Morgan fingerprint density at radius 2 is 2.26 bits per heavy atom. The molecule has 0 bridgehead atoms. The highest BCUT2D eigenvalue weighted by Gasteiger charge is 2.22. The van der Waals surface area contributed by atoms with Gasteiger partial charge in [-0.3, -0.25) is 9.78 Å². The van der Waals surface area contributed by atoms with Crippen LogP contribution >= 0.6 is 0 Å². The summed E-state index contributed by atoms with van der Waals surface area (Å²) in [5.41, 5.74) is 0. The van der Waals surface area contributed by atoms with Crippen molar-refractivity contribution in [2.24, 2.45) is 0 Å². The van der Waals surface area contributed by atoms with Crippen molar-refractivity contribution in [2.75, 3.05) is 24.6 Å². The molecule has 6 nitrogen and oxygen atoms in total. The second-order valence-corrected chi connectivity index (χ2v) is 5.52. The van der Waals surface area contributed by atoms with Gasteiger partial charge in [-0.15, -0.1) is 0 Å². The minimum absolute atomic E-state index is 0.00573. The summed E-state index contributed by atoms with van der Waals surface area (Å²) in [4.78, 5) is 22.6. The Kier molecular flexibility index (Phi) is 5.03. The van der Waals surface area contributed by atoms with Crippen molar-refractivity contribution in [2.45, 2.75) is 18.9 Å². The van der Waals surface area contributed by atoms with E-state index in [-0.39, 0.29) is 18.6 Å². The zero-order valence-electron chi connectivity index (χ0n) is 12.9. The minimum Gasteiger partial charge on any atom is -0.482 e. The van der Waals surface area contributed by atoms with Crippen LogP contribution in [0.4, 0.5) is 5.82 Å². The Morgan fingerprint density at radius 3 is 3.04 bits per heavy atom. The quantitative estimate of drug-likeness (QED) is 0.909. The Hall–Kier alpha value is -2.63. The van der Waals surface area contributed by atoms with Gasteiger partial charge in [0.15, 0.2) is 6.61 Å². The van der Waals surface area contributed by atoms with E-state index in [0.717, 1.165) is 31.7 Å². The van der Waals surface area contributed by atoms with Crippen molar-refractivity contribution in [3.63, 3.8) is 0 Å². The fraction of sp³-hybridized carbons (Fsp3) is 0.353. The number of rotatable bonds is 5. The molecule has 1 atom stereocenters. The summed E-state index contributed by atoms with van der Waals surface area (Å²) in [6.07, 6.45) is 7.06. The smallest absolute Gasteiger partial charge is 0.258 e. The van der Waals surface area contributed by atoms with E-state index in [2.05, 4.69) is 20.2 Å². The van der Waals surface area contributed by atoms with Gasteiger partial charge in [-0.25, -0.2) is 4.98 Å². The van der Waals surface area contributed by atoms with Gasteiger partial charge >= 0.3 is 0 Å². The predicted molar refractivity (Wildman–Crippen MR) is 87.3 cm³/mol. The molecule has 1 saturated heterocycles. The Morgan fingerprint density at radius 1 is 1.30 bits per heavy atom. The van der Waals surface area contributed by atoms with E-state index < -0.39 is 0 Å². The lowest BCUT2D eigenvalue weighted by atomic mass is 10.1. The number of anilines is 1. The van der Waals surface area contributed by atoms with E-state index in [1.807, 2.05) is 18.2 Å². The van der Waals surface area contributed by atoms with Gasteiger partial charge in [-0.2, -0.15) is 0 Å². The molecule has 1 amide bonds. The summed E-state index contributed by atoms with van der Waals surface area (Å²) < 4.78 is 5.42. The Balaban J connectivity index is 1.48. The standard InChI is InChI=1S/C17H20N4O2/c22-17(13-23-15-6-3-8-18-11-15)20-14-5-4-10-21(12-14)16-7-1-2-9-19-16/h1-3,6-9,11,14H,4-5,10,12-13H2,(H,20,22)/t14-/m1/s1. The molecule has 3 heterocycles. The Labute approximate surface area is 135 Å². The van der Waals surface area contributed by atoms with E-state index >= 15 is 0 Å². The van der Waals surface area contributed by atoms with Crippen molar-refractivity contribution in [1.82, 2.24) is 15.3 Å². The largest absolute Gasteiger partial charge is 0.482 e. The normalized spacial score (nSPS) is 17.6. The number of piperidine rings is 1. The van der Waals surface area contributed by atoms with Crippen LogP contribution in [0, 0.1) is 0 Å². The maximum atomic E-state index is 12.0. The molecule has 1 aliphatic heterocycles. The average molecular weight is 312 g/mol. The fourth-order valence-corrected chi connectivity index (χ4v) is 2.69. The van der Waals surface area contributed by atoms with Crippen LogP contribution in [0.25, 0.3) is 0 Å². The van der Waals surface area contributed by atoms with E-state index in [0.29, 0.717) is 5.75 Å². The van der Waals surface area contributed by atoms with E-state index in [9.17, 15) is 4.79 Å². The molecule has 1 N–H and O–H groups in total. The molecule has 0 saturated carbocycles. The molecule has 120 valence electrons. The topological polar surface area (TPSA) is 67.3 Å². The predicted octanol–water partition coefficient (Wildman–Crippen LogP) is 1.64. The third-order valence-electron chi connectivity index (χ3n) is 3.76. The molecular weight excluding hydrogens is 292 g/mol. The number of aromatic nitrogens is 2. The van der Waals surface area contributed by atoms with Crippen molar-refractivity contribution in [3.05, 3.63) is 48.9 Å². The maximum Gasteiger partial charge on any atom is 0.258 e. The van der Waals surface area contributed by atoms with Crippen LogP contribution in [-0.2, 0) is 4.79 Å². The molecule has 0 radical (unpaired) electrons. The molecule has 23 heavy (non-hydrogen) atoms. The van der Waals surface area contributed by atoms with E-state index in [1.165, 1.54) is 0 Å². The average Bonchev–Trinajstić information content (AvgIpc) is 2.62. The second kappa shape index (κ2) is 7.58. The number of amides is 1. The van der Waals surface area contributed by atoms with Crippen molar-refractivity contribution < 1.29 is 9.53 Å². The monoisotopic (exact) mass is 312 g/mol. The number of carbonyl (C=O) groups is 1. The summed E-state index contributed by atoms with van der Waals surface area (Å²) in [7, 11) is 0. The van der Waals surface area contributed by atoms with Crippen LogP contribution in [0.5, 0.6) is 5.75 Å². The molecule has 0 spiro atoms. The van der Waals surface area contributed by atoms with Crippen LogP contribution in [0.1, 0.15) is 12.8 Å². The van der Waals surface area contributed by atoms with Crippen molar-refractivity contribution >= 4 is 11.7 Å². The fourth-order valence-electron chi connectivity index (χ4n) is 2.69. The molecule has 0 unspecified atom stereocenters. The van der Waals surface area contributed by atoms with Gasteiger partial charge in [-0.05, 0) is 37.1 Å². The summed E-state index contributed by atoms with van der Waals surface area (Å²) >= 11 is 0. The van der Waals surface area contributed by atoms with Crippen molar-refractivity contribution in [3.8, 4) is 5.75 Å². The van der Waals surface area contributed by atoms with Gasteiger partial charge in [0.1, 0.15) is 11.6 Å². The van der Waals surface area contributed by atoms with E-state index in [1.54, 1.807) is 30.7 Å². The number of hydrogen-bond donors (Lipinski definition) is 1. The van der Waals surface area contributed by atoms with Crippen LogP contribution in [-0.4, -0.2) is 41.6 Å². The molecule has 2 aromatic heterocycles. The first-order valence-electron chi connectivity index (χ1n) is 7.79. The summed E-state index contributed by atoms with van der Waals surface area (Å²) in [5.74, 6) is 1.45. The number of pyridine rings is 2. The minimum atomic E-state index is -0.110. The molecule has 3 rings (SSSR count). The first kappa shape index (κ1) is 15.3. The molecule has 0 aromatic carbocycles. The third kappa shape index (κ3) is 4.42. The van der Waals surface area contributed by atoms with Gasteiger partial charge in [0.2, 0.25) is 0 Å². The summed E-state index contributed by atoms with van der Waals surface area (Å²) in [6.45, 7) is 1.75. The van der Waals surface area contributed by atoms with Gasteiger partial charge in [0, 0.05) is 31.5 Å². The Bertz CT molecular complexity index is 621. The van der Waals surface area contributed by atoms with Gasteiger partial charge in [0.25, 0.3) is 5.91 Å². The van der Waals surface area contributed by atoms with Crippen LogP contribution in [0.3, 0.4) is 0 Å². The summed E-state index contributed by atoms with van der Waals surface area (Å²) in [5, 5.41) is 3.04. The zero-order valence-corrected chi connectivity index (χ0v) is 12.9. The molecule has 1 aliphatic rings. The molecule has 6 heteroatoms. The maximum absolute atomic E-state index is 12.0. The molecule has 1 fully saturated rings. The SMILES string of the molecule is O=C(COc1cccnc1)N[C@@H]1CCCN(c2ccccn2)C1. The first-order valence-corrected chi connectivity index (χ1v) is 7.79. The zero-order chi connectivity index (χ0) is 15.9. The molecule has 0 aliphatic carbocycles. The van der Waals surface area contributed by atoms with E-state index in [4.69, 9.17) is 4.74 Å². The highest BCUT2D eigenvalue weighted by atomic mass is 16.5. The number of nitrogens with zero attached hydrogens (tertiary/aromatic N) is 3. The van der Waals surface area contributed by atoms with Crippen LogP contribution in [0.2, 0.25) is 0 Å². The summed E-state index contributed by atoms with van der Waals surface area (Å²) in [6, 6.07) is 9.56. The lowest BCUT2D eigenvalue weighted by Gasteiger charge is -2.33. The highest BCUT2D eigenvalue weighted by Crippen LogP contribution is 2.17. The molecule has 2 aromatic rings. The third-order valence-corrected chi connectivity index (χ3v) is 3.76. The number of ether oxygens (including phenoxy) is 1. The number of hydrogen-bond acceptors (Lipinski definition) is 5. The lowest BCUT2D eigenvalue weighted by molar-refractivity contribution is -0.123. The molecular formula is C17H20N4O2. The number of carbonyl (C=O) groups excluding carboxylic acids is 1. The second-order valence-electron chi connectivity index (χ2n) is 5.52. The lowest BCUT2D eigenvalue weighted by Crippen LogP contribution is -2.49. The number of nitrogens with one attached hydrogen (secondary N) is 1. The van der Waals surface area contributed by atoms with Crippen molar-refractivity contribution in [1.29, 1.82) is 0 Å². The first-order chi connectivity index (χ1) is 11.3. The van der Waals surface area contributed by atoms with Gasteiger partial charge < -0.3 is 15.0 Å². The van der Waals surface area contributed by atoms with Gasteiger partial charge in [0.05, 0.1) is 6.20 Å².